The van der Waals surface area contributed by atoms with Gasteiger partial charge in [0, 0.05) is 17.8 Å². The van der Waals surface area contributed by atoms with Crippen LogP contribution in [-0.2, 0) is 20.7 Å². The molecule has 0 spiro atoms. The zero-order valence-corrected chi connectivity index (χ0v) is 10.1. The minimum atomic E-state index is -0.420. The number of amides is 1. The van der Waals surface area contributed by atoms with Gasteiger partial charge in [-0.1, -0.05) is 6.07 Å². The molecule has 1 aliphatic rings. The number of rotatable bonds is 4. The summed E-state index contributed by atoms with van der Waals surface area (Å²) >= 11 is 1.65. The van der Waals surface area contributed by atoms with Crippen molar-refractivity contribution in [3.63, 3.8) is 0 Å². The summed E-state index contributed by atoms with van der Waals surface area (Å²) in [5.74, 6) is -0.394. The lowest BCUT2D eigenvalue weighted by Crippen LogP contribution is -2.55. The Morgan fingerprint density at radius 1 is 1.59 bits per heavy atom. The predicted octanol–water partition coefficient (Wildman–Crippen LogP) is -0.0782. The van der Waals surface area contributed by atoms with Crippen molar-refractivity contribution in [3.8, 4) is 0 Å². The second-order valence-electron chi connectivity index (χ2n) is 3.73. The maximum Gasteiger partial charge on any atom is 0.324 e. The van der Waals surface area contributed by atoms with Crippen molar-refractivity contribution in [2.75, 3.05) is 19.7 Å². The standard InChI is InChI=1S/C11H14N2O3S/c14-10-7-12-9(6-13-10)11(15)16-4-3-8-2-1-5-17-8/h1-2,5,9,12H,3-4,6-7H2,(H,13,14). The van der Waals surface area contributed by atoms with Crippen molar-refractivity contribution < 1.29 is 14.3 Å². The number of ether oxygens (including phenoxy) is 1. The molecule has 1 atom stereocenters. The number of piperazine rings is 1. The van der Waals surface area contributed by atoms with E-state index in [2.05, 4.69) is 10.6 Å². The van der Waals surface area contributed by atoms with Gasteiger partial charge in [0.2, 0.25) is 5.91 Å². The molecule has 92 valence electrons. The second kappa shape index (κ2) is 5.79. The molecular weight excluding hydrogens is 240 g/mol. The van der Waals surface area contributed by atoms with Crippen LogP contribution in [0.1, 0.15) is 4.88 Å². The van der Waals surface area contributed by atoms with E-state index >= 15 is 0 Å². The Kier molecular flexibility index (Phi) is 4.11. The highest BCUT2D eigenvalue weighted by atomic mass is 32.1. The molecule has 17 heavy (non-hydrogen) atoms. The minimum absolute atomic E-state index is 0.0902. The summed E-state index contributed by atoms with van der Waals surface area (Å²) in [6.07, 6.45) is 0.739. The molecule has 1 saturated heterocycles. The molecule has 1 aromatic heterocycles. The van der Waals surface area contributed by atoms with Gasteiger partial charge in [0.15, 0.2) is 0 Å². The number of esters is 1. The molecular formula is C11H14N2O3S. The first-order valence-corrected chi connectivity index (χ1v) is 6.33. The van der Waals surface area contributed by atoms with Crippen molar-refractivity contribution in [1.29, 1.82) is 0 Å². The first-order chi connectivity index (χ1) is 8.25. The lowest BCUT2D eigenvalue weighted by Gasteiger charge is -2.22. The molecule has 0 radical (unpaired) electrons. The van der Waals surface area contributed by atoms with Crippen LogP contribution >= 0.6 is 11.3 Å². The summed E-state index contributed by atoms with van der Waals surface area (Å²) in [6, 6.07) is 3.56. The number of carbonyl (C=O) groups excluding carboxylic acids is 2. The topological polar surface area (TPSA) is 67.4 Å². The zero-order chi connectivity index (χ0) is 12.1. The minimum Gasteiger partial charge on any atom is -0.464 e. The van der Waals surface area contributed by atoms with E-state index in [1.54, 1.807) is 11.3 Å². The Labute approximate surface area is 103 Å². The van der Waals surface area contributed by atoms with Gasteiger partial charge in [-0.2, -0.15) is 0 Å². The van der Waals surface area contributed by atoms with Gasteiger partial charge in [-0.3, -0.25) is 14.9 Å². The van der Waals surface area contributed by atoms with E-state index in [1.807, 2.05) is 17.5 Å². The smallest absolute Gasteiger partial charge is 0.324 e. The molecule has 1 aliphatic heterocycles. The van der Waals surface area contributed by atoms with E-state index in [0.29, 0.717) is 13.2 Å². The summed E-state index contributed by atoms with van der Waals surface area (Å²) in [4.78, 5) is 23.7. The maximum atomic E-state index is 11.6. The Hall–Kier alpha value is -1.40. The van der Waals surface area contributed by atoms with Crippen LogP contribution < -0.4 is 10.6 Å². The summed E-state index contributed by atoms with van der Waals surface area (Å²) in [6.45, 7) is 0.854. The van der Waals surface area contributed by atoms with E-state index in [9.17, 15) is 9.59 Å². The first kappa shape index (κ1) is 12.1. The van der Waals surface area contributed by atoms with E-state index in [4.69, 9.17) is 4.74 Å². The van der Waals surface area contributed by atoms with Gasteiger partial charge in [-0.25, -0.2) is 0 Å². The van der Waals surface area contributed by atoms with Crippen molar-refractivity contribution in [2.45, 2.75) is 12.5 Å². The van der Waals surface area contributed by atoms with Gasteiger partial charge in [0.25, 0.3) is 0 Å². The SMILES string of the molecule is O=C1CNC(C(=O)OCCc2cccs2)CN1. The molecule has 2 rings (SSSR count). The Balaban J connectivity index is 1.68. The van der Waals surface area contributed by atoms with E-state index < -0.39 is 6.04 Å². The molecule has 6 heteroatoms. The number of hydrogen-bond acceptors (Lipinski definition) is 5. The van der Waals surface area contributed by atoms with Crippen molar-refractivity contribution in [3.05, 3.63) is 22.4 Å². The summed E-state index contributed by atoms with van der Waals surface area (Å²) in [5.41, 5.74) is 0. The highest BCUT2D eigenvalue weighted by Crippen LogP contribution is 2.09. The maximum absolute atomic E-state index is 11.6. The lowest BCUT2D eigenvalue weighted by molar-refractivity contribution is -0.146. The fourth-order valence-electron chi connectivity index (χ4n) is 1.54. The molecule has 0 aliphatic carbocycles. The lowest BCUT2D eigenvalue weighted by atomic mass is 10.2. The third-order valence-electron chi connectivity index (χ3n) is 2.47. The highest BCUT2D eigenvalue weighted by molar-refractivity contribution is 7.09. The molecule has 1 fully saturated rings. The summed E-state index contributed by atoms with van der Waals surface area (Å²) in [5, 5.41) is 7.44. The van der Waals surface area contributed by atoms with Crippen LogP contribution in [0, 0.1) is 0 Å². The van der Waals surface area contributed by atoms with Crippen LogP contribution in [0.2, 0.25) is 0 Å². The van der Waals surface area contributed by atoms with Crippen LogP contribution in [0.3, 0.4) is 0 Å². The summed E-state index contributed by atoms with van der Waals surface area (Å²) in [7, 11) is 0. The molecule has 0 aromatic carbocycles. The molecule has 5 nitrogen and oxygen atoms in total. The van der Waals surface area contributed by atoms with Gasteiger partial charge in [-0.15, -0.1) is 11.3 Å². The molecule has 1 unspecified atom stereocenters. The number of hydrogen-bond donors (Lipinski definition) is 2. The predicted molar refractivity (Wildman–Crippen MR) is 63.8 cm³/mol. The van der Waals surface area contributed by atoms with Crippen LogP contribution in [0.15, 0.2) is 17.5 Å². The number of nitrogens with one attached hydrogen (secondary N) is 2. The van der Waals surface area contributed by atoms with Crippen molar-refractivity contribution >= 4 is 23.2 Å². The van der Waals surface area contributed by atoms with Crippen molar-refractivity contribution in [2.24, 2.45) is 0 Å². The number of thiophene rings is 1. The molecule has 2 N–H and O–H groups in total. The average molecular weight is 254 g/mol. The molecule has 1 amide bonds. The quantitative estimate of drug-likeness (QED) is 0.738. The normalized spacial score (nSPS) is 19.8. The average Bonchev–Trinajstić information content (AvgIpc) is 2.83. The van der Waals surface area contributed by atoms with E-state index in [0.717, 1.165) is 6.42 Å². The molecule has 2 heterocycles. The Morgan fingerprint density at radius 3 is 3.12 bits per heavy atom. The third kappa shape index (κ3) is 3.54. The largest absolute Gasteiger partial charge is 0.464 e. The van der Waals surface area contributed by atoms with E-state index in [-0.39, 0.29) is 18.4 Å². The van der Waals surface area contributed by atoms with Crippen LogP contribution in [-0.4, -0.2) is 37.6 Å². The second-order valence-corrected chi connectivity index (χ2v) is 4.77. The third-order valence-corrected chi connectivity index (χ3v) is 3.41. The molecule has 0 bridgehead atoms. The fraction of sp³-hybridized carbons (Fsp3) is 0.455. The monoisotopic (exact) mass is 254 g/mol. The molecule has 1 aromatic rings. The van der Waals surface area contributed by atoms with Gasteiger partial charge in [0.05, 0.1) is 13.2 Å². The highest BCUT2D eigenvalue weighted by Gasteiger charge is 2.24. The Morgan fingerprint density at radius 2 is 2.47 bits per heavy atom. The van der Waals surface area contributed by atoms with Crippen LogP contribution in [0.25, 0.3) is 0 Å². The summed E-state index contributed by atoms with van der Waals surface area (Å²) < 4.78 is 5.14. The van der Waals surface area contributed by atoms with Crippen molar-refractivity contribution in [1.82, 2.24) is 10.6 Å². The van der Waals surface area contributed by atoms with Crippen LogP contribution in [0.5, 0.6) is 0 Å². The van der Waals surface area contributed by atoms with Crippen LogP contribution in [0.4, 0.5) is 0 Å². The Bertz CT molecular complexity index is 381. The number of carbonyl (C=O) groups is 2. The van der Waals surface area contributed by atoms with Gasteiger partial charge >= 0.3 is 5.97 Å². The fourth-order valence-corrected chi connectivity index (χ4v) is 2.23. The zero-order valence-electron chi connectivity index (χ0n) is 9.27. The molecule has 0 saturated carbocycles. The van der Waals surface area contributed by atoms with Gasteiger partial charge in [-0.05, 0) is 11.4 Å². The van der Waals surface area contributed by atoms with E-state index in [1.165, 1.54) is 4.88 Å². The first-order valence-electron chi connectivity index (χ1n) is 5.45. The van der Waals surface area contributed by atoms with Gasteiger partial charge in [0.1, 0.15) is 6.04 Å². The van der Waals surface area contributed by atoms with Gasteiger partial charge < -0.3 is 10.1 Å².